The predicted molar refractivity (Wildman–Crippen MR) is 58.2 cm³/mol. The number of hydrogen-bond acceptors (Lipinski definition) is 2. The Balaban J connectivity index is 2.05. The van der Waals surface area contributed by atoms with Crippen molar-refractivity contribution < 1.29 is 0 Å². The second-order valence-electron chi connectivity index (χ2n) is 4.54. The Bertz CT molecular complexity index is 340. The van der Waals surface area contributed by atoms with Gasteiger partial charge in [0.1, 0.15) is 0 Å². The lowest BCUT2D eigenvalue weighted by atomic mass is 10.0. The molecule has 1 fully saturated rings. The first-order valence-corrected chi connectivity index (χ1v) is 5.31. The van der Waals surface area contributed by atoms with E-state index in [1.165, 1.54) is 24.0 Å². The molecule has 0 atom stereocenters. The maximum Gasteiger partial charge on any atom is 0.0404 e. The summed E-state index contributed by atoms with van der Waals surface area (Å²) in [6.45, 7) is 4.21. The Labute approximate surface area is 85.5 Å². The molecule has 0 radical (unpaired) electrons. The molecule has 0 unspecified atom stereocenters. The summed E-state index contributed by atoms with van der Waals surface area (Å²) >= 11 is 0. The van der Waals surface area contributed by atoms with Crippen LogP contribution in [0.5, 0.6) is 0 Å². The maximum absolute atomic E-state index is 6.07. The normalized spacial score (nSPS) is 18.2. The molecule has 0 aromatic carbocycles. The van der Waals surface area contributed by atoms with Gasteiger partial charge in [-0.1, -0.05) is 0 Å². The zero-order chi connectivity index (χ0) is 10.2. The van der Waals surface area contributed by atoms with Crippen LogP contribution in [0.1, 0.15) is 36.1 Å². The second kappa shape index (κ2) is 3.35. The fraction of sp³-hybridized carbons (Fsp3) is 0.583. The Hall–Kier alpha value is -0.890. The highest BCUT2D eigenvalue weighted by Gasteiger charge is 2.37. The molecule has 2 nitrogen and oxygen atoms in total. The van der Waals surface area contributed by atoms with E-state index in [0.29, 0.717) is 0 Å². The van der Waals surface area contributed by atoms with Crippen LogP contribution in [0.25, 0.3) is 0 Å². The number of aryl methyl sites for hydroxylation is 2. The van der Waals surface area contributed by atoms with Gasteiger partial charge in [0.25, 0.3) is 0 Å². The first kappa shape index (κ1) is 9.66. The second-order valence-corrected chi connectivity index (χ2v) is 4.54. The molecule has 1 aliphatic rings. The number of hydrogen-bond donors (Lipinski definition) is 1. The fourth-order valence-electron chi connectivity index (χ4n) is 1.76. The largest absolute Gasteiger partial charge is 0.325 e. The number of rotatable bonds is 3. The SMILES string of the molecule is Cc1nccc(CCC2(N)CC2)c1C. The third-order valence-corrected chi connectivity index (χ3v) is 3.35. The zero-order valence-electron chi connectivity index (χ0n) is 9.01. The zero-order valence-corrected chi connectivity index (χ0v) is 9.01. The van der Waals surface area contributed by atoms with Crippen LogP contribution in [0, 0.1) is 13.8 Å². The van der Waals surface area contributed by atoms with Crippen molar-refractivity contribution in [2.75, 3.05) is 0 Å². The van der Waals surface area contributed by atoms with Crippen molar-refractivity contribution in [2.24, 2.45) is 5.73 Å². The van der Waals surface area contributed by atoms with Gasteiger partial charge in [-0.05, 0) is 56.7 Å². The Morgan fingerprint density at radius 1 is 1.43 bits per heavy atom. The molecule has 0 aliphatic heterocycles. The van der Waals surface area contributed by atoms with Crippen LogP contribution in [0.4, 0.5) is 0 Å². The molecule has 1 saturated carbocycles. The van der Waals surface area contributed by atoms with E-state index < -0.39 is 0 Å². The maximum atomic E-state index is 6.07. The van der Waals surface area contributed by atoms with Gasteiger partial charge in [0, 0.05) is 17.4 Å². The molecule has 14 heavy (non-hydrogen) atoms. The first-order valence-electron chi connectivity index (χ1n) is 5.31. The lowest BCUT2D eigenvalue weighted by molar-refractivity contribution is 0.607. The van der Waals surface area contributed by atoms with Crippen LogP contribution >= 0.6 is 0 Å². The van der Waals surface area contributed by atoms with Crippen molar-refractivity contribution >= 4 is 0 Å². The lowest BCUT2D eigenvalue weighted by Gasteiger charge is -2.11. The smallest absolute Gasteiger partial charge is 0.0404 e. The van der Waals surface area contributed by atoms with Gasteiger partial charge < -0.3 is 5.73 Å². The minimum Gasteiger partial charge on any atom is -0.325 e. The quantitative estimate of drug-likeness (QED) is 0.793. The topological polar surface area (TPSA) is 38.9 Å². The van der Waals surface area contributed by atoms with Gasteiger partial charge in [0.05, 0.1) is 0 Å². The molecule has 2 rings (SSSR count). The molecule has 2 N–H and O–H groups in total. The van der Waals surface area contributed by atoms with Gasteiger partial charge in [-0.15, -0.1) is 0 Å². The molecule has 0 amide bonds. The van der Waals surface area contributed by atoms with Gasteiger partial charge in [-0.2, -0.15) is 0 Å². The van der Waals surface area contributed by atoms with E-state index in [-0.39, 0.29) is 5.54 Å². The van der Waals surface area contributed by atoms with Gasteiger partial charge in [0.15, 0.2) is 0 Å². The summed E-state index contributed by atoms with van der Waals surface area (Å²) in [5, 5.41) is 0. The van der Waals surface area contributed by atoms with Crippen LogP contribution in [0.15, 0.2) is 12.3 Å². The summed E-state index contributed by atoms with van der Waals surface area (Å²) in [5.74, 6) is 0. The Morgan fingerprint density at radius 3 is 2.79 bits per heavy atom. The van der Waals surface area contributed by atoms with E-state index in [1.54, 1.807) is 0 Å². The summed E-state index contributed by atoms with van der Waals surface area (Å²) in [4.78, 5) is 4.27. The average molecular weight is 190 g/mol. The van der Waals surface area contributed by atoms with Gasteiger partial charge in [-0.25, -0.2) is 0 Å². The first-order chi connectivity index (χ1) is 6.61. The molecule has 1 aromatic heterocycles. The van der Waals surface area contributed by atoms with Gasteiger partial charge >= 0.3 is 0 Å². The molecular formula is C12H18N2. The summed E-state index contributed by atoms with van der Waals surface area (Å²) < 4.78 is 0. The molecule has 1 aliphatic carbocycles. The molecule has 1 heterocycles. The average Bonchev–Trinajstić information content (AvgIpc) is 2.88. The van der Waals surface area contributed by atoms with E-state index in [1.807, 2.05) is 6.20 Å². The predicted octanol–water partition coefficient (Wildman–Crippen LogP) is 2.12. The highest BCUT2D eigenvalue weighted by molar-refractivity contribution is 5.28. The minimum atomic E-state index is 0.170. The molecule has 0 spiro atoms. The number of aromatic nitrogens is 1. The standard InChI is InChI=1S/C12H18N2/c1-9-10(2)14-8-4-11(9)3-5-12(13)6-7-12/h4,8H,3,5-7,13H2,1-2H3. The Kier molecular flexibility index (Phi) is 2.31. The molecule has 76 valence electrons. The van der Waals surface area contributed by atoms with Crippen LogP contribution in [0.3, 0.4) is 0 Å². The van der Waals surface area contributed by atoms with Gasteiger partial charge in [-0.3, -0.25) is 4.98 Å². The lowest BCUT2D eigenvalue weighted by Crippen LogP contribution is -2.22. The van der Waals surface area contributed by atoms with E-state index in [0.717, 1.165) is 18.5 Å². The highest BCUT2D eigenvalue weighted by Crippen LogP contribution is 2.36. The van der Waals surface area contributed by atoms with E-state index in [9.17, 15) is 0 Å². The summed E-state index contributed by atoms with van der Waals surface area (Å²) in [6.07, 6.45) is 6.53. The summed E-state index contributed by atoms with van der Waals surface area (Å²) in [7, 11) is 0. The number of nitrogens with zero attached hydrogens (tertiary/aromatic N) is 1. The fourth-order valence-corrected chi connectivity index (χ4v) is 1.76. The van der Waals surface area contributed by atoms with E-state index in [4.69, 9.17) is 5.73 Å². The molecule has 0 bridgehead atoms. The van der Waals surface area contributed by atoms with Crippen molar-refractivity contribution in [3.8, 4) is 0 Å². The van der Waals surface area contributed by atoms with Crippen LogP contribution in [0.2, 0.25) is 0 Å². The monoisotopic (exact) mass is 190 g/mol. The summed E-state index contributed by atoms with van der Waals surface area (Å²) in [5.41, 5.74) is 10.1. The molecule has 2 heteroatoms. The van der Waals surface area contributed by atoms with Crippen LogP contribution in [-0.2, 0) is 6.42 Å². The van der Waals surface area contributed by atoms with Crippen molar-refractivity contribution in [3.05, 3.63) is 29.1 Å². The van der Waals surface area contributed by atoms with E-state index >= 15 is 0 Å². The molecule has 1 aromatic rings. The van der Waals surface area contributed by atoms with Crippen molar-refractivity contribution in [2.45, 2.75) is 45.1 Å². The Morgan fingerprint density at radius 2 is 2.14 bits per heavy atom. The third kappa shape index (κ3) is 1.95. The van der Waals surface area contributed by atoms with E-state index in [2.05, 4.69) is 24.9 Å². The number of nitrogens with two attached hydrogens (primary N) is 1. The van der Waals surface area contributed by atoms with Gasteiger partial charge in [0.2, 0.25) is 0 Å². The van der Waals surface area contributed by atoms with Crippen LogP contribution < -0.4 is 5.73 Å². The molecular weight excluding hydrogens is 172 g/mol. The summed E-state index contributed by atoms with van der Waals surface area (Å²) in [6, 6.07) is 2.12. The van der Waals surface area contributed by atoms with Crippen molar-refractivity contribution in [1.82, 2.24) is 4.98 Å². The number of pyridine rings is 1. The van der Waals surface area contributed by atoms with Crippen LogP contribution in [-0.4, -0.2) is 10.5 Å². The highest BCUT2D eigenvalue weighted by atomic mass is 14.8. The minimum absolute atomic E-state index is 0.170. The van der Waals surface area contributed by atoms with Crippen molar-refractivity contribution in [3.63, 3.8) is 0 Å². The van der Waals surface area contributed by atoms with Crippen molar-refractivity contribution in [1.29, 1.82) is 0 Å². The molecule has 0 saturated heterocycles. The third-order valence-electron chi connectivity index (χ3n) is 3.35.